The minimum atomic E-state index is 0.694. The van der Waals surface area contributed by atoms with E-state index in [1.807, 2.05) is 0 Å². The third-order valence-electron chi connectivity index (χ3n) is 2.37. The van der Waals surface area contributed by atoms with Crippen LogP contribution in [0, 0.1) is 11.8 Å². The van der Waals surface area contributed by atoms with Gasteiger partial charge in [-0.15, -0.1) is 0 Å². The van der Waals surface area contributed by atoms with E-state index in [2.05, 4.69) is 34.3 Å². The molecule has 0 heteroatoms. The maximum absolute atomic E-state index is 3.96. The minimum absolute atomic E-state index is 0.694. The molecule has 10 heavy (non-hydrogen) atoms. The summed E-state index contributed by atoms with van der Waals surface area (Å²) in [6.07, 6.45) is 2.62. The van der Waals surface area contributed by atoms with Gasteiger partial charge in [0.15, 0.2) is 0 Å². The first kappa shape index (κ1) is 9.74. The van der Waals surface area contributed by atoms with Gasteiger partial charge >= 0.3 is 0 Å². The van der Waals surface area contributed by atoms with E-state index in [1.165, 1.54) is 18.4 Å². The van der Waals surface area contributed by atoms with E-state index in [0.717, 1.165) is 5.92 Å². The Labute approximate surface area is 65.3 Å². The minimum Gasteiger partial charge on any atom is -0.0999 e. The maximum atomic E-state index is 3.96. The summed E-state index contributed by atoms with van der Waals surface area (Å²) in [6, 6.07) is 0. The molecule has 1 unspecified atom stereocenters. The van der Waals surface area contributed by atoms with Gasteiger partial charge in [-0.25, -0.2) is 0 Å². The van der Waals surface area contributed by atoms with Crippen LogP contribution in [0.3, 0.4) is 0 Å². The molecule has 0 aromatic carbocycles. The van der Waals surface area contributed by atoms with Gasteiger partial charge in [0.2, 0.25) is 0 Å². The summed E-state index contributed by atoms with van der Waals surface area (Å²) in [5, 5.41) is 0. The van der Waals surface area contributed by atoms with Crippen molar-refractivity contribution in [3.8, 4) is 0 Å². The maximum Gasteiger partial charge on any atom is -0.0211 e. The molecule has 2 atom stereocenters. The highest BCUT2D eigenvalue weighted by molar-refractivity contribution is 4.95. The molecule has 0 aliphatic carbocycles. The summed E-state index contributed by atoms with van der Waals surface area (Å²) < 4.78 is 0. The van der Waals surface area contributed by atoms with Crippen molar-refractivity contribution in [1.29, 1.82) is 0 Å². The quantitative estimate of drug-likeness (QED) is 0.523. The smallest absolute Gasteiger partial charge is 0.0211 e. The van der Waals surface area contributed by atoms with E-state index in [1.54, 1.807) is 0 Å². The number of hydrogen-bond donors (Lipinski definition) is 0. The van der Waals surface area contributed by atoms with E-state index in [0.29, 0.717) is 5.92 Å². The normalized spacial score (nSPS) is 16.4. The van der Waals surface area contributed by atoms with Gasteiger partial charge in [0.05, 0.1) is 0 Å². The molecule has 0 aliphatic heterocycles. The zero-order valence-electron chi connectivity index (χ0n) is 7.78. The molecule has 60 valence electrons. The van der Waals surface area contributed by atoms with Crippen LogP contribution in [0.2, 0.25) is 0 Å². The first-order valence-corrected chi connectivity index (χ1v) is 4.25. The fourth-order valence-electron chi connectivity index (χ4n) is 1.19. The third-order valence-corrected chi connectivity index (χ3v) is 2.37. The van der Waals surface area contributed by atoms with Gasteiger partial charge in [0, 0.05) is 0 Å². The van der Waals surface area contributed by atoms with Crippen LogP contribution in [0.5, 0.6) is 0 Å². The molecule has 0 fully saturated rings. The second-order valence-corrected chi connectivity index (χ2v) is 3.40. The van der Waals surface area contributed by atoms with E-state index in [-0.39, 0.29) is 0 Å². The van der Waals surface area contributed by atoms with Gasteiger partial charge in [0.25, 0.3) is 0 Å². The Morgan fingerprint density at radius 1 is 1.40 bits per heavy atom. The van der Waals surface area contributed by atoms with Crippen LogP contribution in [-0.4, -0.2) is 0 Å². The van der Waals surface area contributed by atoms with Crippen LogP contribution in [0.4, 0.5) is 0 Å². The highest BCUT2D eigenvalue weighted by Crippen LogP contribution is 2.21. The molecule has 0 rings (SSSR count). The van der Waals surface area contributed by atoms with Crippen LogP contribution >= 0.6 is 0 Å². The summed E-state index contributed by atoms with van der Waals surface area (Å²) in [7, 11) is 0. The number of hydrogen-bond acceptors (Lipinski definition) is 0. The monoisotopic (exact) mass is 140 g/mol. The highest BCUT2D eigenvalue weighted by Gasteiger charge is 2.10. The SMILES string of the molecule is C=C(C)C(C)[C@@H](C)CCC. The van der Waals surface area contributed by atoms with Gasteiger partial charge in [0.1, 0.15) is 0 Å². The largest absolute Gasteiger partial charge is 0.0999 e. The van der Waals surface area contributed by atoms with E-state index >= 15 is 0 Å². The van der Waals surface area contributed by atoms with Gasteiger partial charge in [-0.3, -0.25) is 0 Å². The summed E-state index contributed by atoms with van der Waals surface area (Å²) in [4.78, 5) is 0. The Balaban J connectivity index is 3.69. The molecule has 0 nitrogen and oxygen atoms in total. The zero-order valence-corrected chi connectivity index (χ0v) is 7.78. The summed E-state index contributed by atoms with van der Waals surface area (Å²) in [6.45, 7) is 12.9. The molecule has 0 aromatic rings. The van der Waals surface area contributed by atoms with Gasteiger partial charge in [-0.05, 0) is 18.8 Å². The van der Waals surface area contributed by atoms with Crippen LogP contribution < -0.4 is 0 Å². The zero-order chi connectivity index (χ0) is 8.15. The van der Waals surface area contributed by atoms with Crippen molar-refractivity contribution in [3.05, 3.63) is 12.2 Å². The predicted octanol–water partition coefficient (Wildman–Crippen LogP) is 3.63. The first-order chi connectivity index (χ1) is 4.59. The summed E-state index contributed by atoms with van der Waals surface area (Å²) in [5.74, 6) is 1.50. The Morgan fingerprint density at radius 2 is 1.90 bits per heavy atom. The molecular weight excluding hydrogens is 120 g/mol. The van der Waals surface area contributed by atoms with Gasteiger partial charge in [-0.2, -0.15) is 0 Å². The van der Waals surface area contributed by atoms with Crippen molar-refractivity contribution in [3.63, 3.8) is 0 Å². The van der Waals surface area contributed by atoms with Crippen LogP contribution in [0.1, 0.15) is 40.5 Å². The topological polar surface area (TPSA) is 0 Å². The molecule has 0 aliphatic rings. The molecule has 0 aromatic heterocycles. The van der Waals surface area contributed by atoms with Crippen molar-refractivity contribution in [2.75, 3.05) is 0 Å². The van der Waals surface area contributed by atoms with E-state index in [9.17, 15) is 0 Å². The molecule has 0 saturated heterocycles. The lowest BCUT2D eigenvalue weighted by Crippen LogP contribution is -2.07. The van der Waals surface area contributed by atoms with Crippen molar-refractivity contribution in [1.82, 2.24) is 0 Å². The van der Waals surface area contributed by atoms with E-state index < -0.39 is 0 Å². The average molecular weight is 140 g/mol. The fraction of sp³-hybridized carbons (Fsp3) is 0.800. The molecule has 0 spiro atoms. The number of allylic oxidation sites excluding steroid dienone is 1. The lowest BCUT2D eigenvalue weighted by atomic mass is 9.87. The molecule has 0 saturated carbocycles. The van der Waals surface area contributed by atoms with Gasteiger partial charge < -0.3 is 0 Å². The lowest BCUT2D eigenvalue weighted by Gasteiger charge is -2.18. The van der Waals surface area contributed by atoms with Crippen LogP contribution in [0.15, 0.2) is 12.2 Å². The first-order valence-electron chi connectivity index (χ1n) is 4.25. The standard InChI is InChI=1S/C10H20/c1-6-7-9(4)10(5)8(2)3/h9-10H,2,6-7H2,1,3-5H3/t9-,10?/m0/s1. The van der Waals surface area contributed by atoms with Gasteiger partial charge in [-0.1, -0.05) is 45.8 Å². The number of rotatable bonds is 4. The second kappa shape index (κ2) is 4.54. The van der Waals surface area contributed by atoms with Crippen molar-refractivity contribution in [2.24, 2.45) is 11.8 Å². The Hall–Kier alpha value is -0.260. The lowest BCUT2D eigenvalue weighted by molar-refractivity contribution is 0.407. The molecule has 0 bridgehead atoms. The fourth-order valence-corrected chi connectivity index (χ4v) is 1.19. The molecule has 0 amide bonds. The Morgan fingerprint density at radius 3 is 2.20 bits per heavy atom. The van der Waals surface area contributed by atoms with Crippen LogP contribution in [0.25, 0.3) is 0 Å². The molecule has 0 N–H and O–H groups in total. The van der Waals surface area contributed by atoms with Crippen molar-refractivity contribution >= 4 is 0 Å². The Bertz CT molecular complexity index is 103. The van der Waals surface area contributed by atoms with Crippen LogP contribution in [-0.2, 0) is 0 Å². The molecular formula is C10H20. The molecule has 0 heterocycles. The average Bonchev–Trinajstić information content (AvgIpc) is 1.87. The summed E-state index contributed by atoms with van der Waals surface area (Å²) >= 11 is 0. The van der Waals surface area contributed by atoms with Crippen molar-refractivity contribution < 1.29 is 0 Å². The van der Waals surface area contributed by atoms with Crippen molar-refractivity contribution in [2.45, 2.75) is 40.5 Å². The highest BCUT2D eigenvalue weighted by atomic mass is 14.2. The Kier molecular flexibility index (Phi) is 4.42. The second-order valence-electron chi connectivity index (χ2n) is 3.40. The molecule has 0 radical (unpaired) electrons. The summed E-state index contributed by atoms with van der Waals surface area (Å²) in [5.41, 5.74) is 1.32. The third kappa shape index (κ3) is 3.05. The predicted molar refractivity (Wildman–Crippen MR) is 48.1 cm³/mol. The van der Waals surface area contributed by atoms with E-state index in [4.69, 9.17) is 0 Å².